The van der Waals surface area contributed by atoms with Gasteiger partial charge in [0.2, 0.25) is 17.7 Å². The van der Waals surface area contributed by atoms with Crippen molar-refractivity contribution in [3.05, 3.63) is 0 Å². The topological polar surface area (TPSA) is 162 Å². The molecule has 0 radical (unpaired) electrons. The van der Waals surface area contributed by atoms with Crippen LogP contribution in [0.15, 0.2) is 0 Å². The summed E-state index contributed by atoms with van der Waals surface area (Å²) >= 11 is 1.44. The number of carbonyl (C=O) groups excluding carboxylic acids is 3. The maximum atomic E-state index is 12.5. The maximum absolute atomic E-state index is 12.5. The molecule has 1 fully saturated rings. The minimum absolute atomic E-state index is 0.216. The van der Waals surface area contributed by atoms with Crippen LogP contribution in [0.5, 0.6) is 0 Å². The van der Waals surface area contributed by atoms with E-state index in [1.54, 1.807) is 0 Å². The first-order valence-corrected chi connectivity index (χ1v) is 10.1. The van der Waals surface area contributed by atoms with Crippen molar-refractivity contribution in [2.24, 2.45) is 5.73 Å². The molecule has 0 aliphatic carbocycles. The Hall–Kier alpha value is -1.85. The third kappa shape index (κ3) is 6.67. The second kappa shape index (κ2) is 11.1. The van der Waals surface area contributed by atoms with Crippen molar-refractivity contribution >= 4 is 35.5 Å². The first kappa shape index (κ1) is 23.2. The summed E-state index contributed by atoms with van der Waals surface area (Å²) in [7, 11) is 0. The summed E-state index contributed by atoms with van der Waals surface area (Å²) in [6, 6.07) is -3.93. The Morgan fingerprint density at radius 3 is 2.44 bits per heavy atom. The highest BCUT2D eigenvalue weighted by Crippen LogP contribution is 2.18. The second-order valence-electron chi connectivity index (χ2n) is 6.40. The molecule has 1 saturated heterocycles. The number of carboxylic acid groups (broad SMARTS) is 1. The zero-order chi connectivity index (χ0) is 20.6. The second-order valence-corrected chi connectivity index (χ2v) is 7.39. The number of thioether (sulfide) groups is 1. The number of rotatable bonds is 10. The van der Waals surface area contributed by atoms with E-state index in [4.69, 9.17) is 5.73 Å². The zero-order valence-corrected chi connectivity index (χ0v) is 16.3. The third-order valence-electron chi connectivity index (χ3n) is 4.27. The number of carboxylic acids is 1. The van der Waals surface area contributed by atoms with Crippen LogP contribution in [0.4, 0.5) is 0 Å². The lowest BCUT2D eigenvalue weighted by Crippen LogP contribution is -2.57. The van der Waals surface area contributed by atoms with Crippen LogP contribution in [0.3, 0.4) is 0 Å². The van der Waals surface area contributed by atoms with E-state index in [9.17, 15) is 29.4 Å². The van der Waals surface area contributed by atoms with Gasteiger partial charge in [0.1, 0.15) is 18.1 Å². The van der Waals surface area contributed by atoms with Crippen molar-refractivity contribution in [3.8, 4) is 0 Å². The van der Waals surface area contributed by atoms with Gasteiger partial charge in [-0.1, -0.05) is 0 Å². The van der Waals surface area contributed by atoms with Gasteiger partial charge in [-0.05, 0) is 38.2 Å². The molecule has 27 heavy (non-hydrogen) atoms. The molecule has 6 N–H and O–H groups in total. The average molecular weight is 404 g/mol. The normalized spacial score (nSPS) is 19.9. The summed E-state index contributed by atoms with van der Waals surface area (Å²) in [5, 5.41) is 23.3. The predicted molar refractivity (Wildman–Crippen MR) is 100.0 cm³/mol. The first-order chi connectivity index (χ1) is 12.7. The smallest absolute Gasteiger partial charge is 0.326 e. The number of hydrogen-bond donors (Lipinski definition) is 5. The molecule has 0 aromatic rings. The van der Waals surface area contributed by atoms with Crippen LogP contribution in [0.2, 0.25) is 0 Å². The molecule has 0 aromatic carbocycles. The number of nitrogens with zero attached hydrogens (tertiary/aromatic N) is 1. The summed E-state index contributed by atoms with van der Waals surface area (Å²) in [6.07, 6.45) is 3.08. The van der Waals surface area contributed by atoms with Gasteiger partial charge in [0.05, 0.1) is 12.6 Å². The van der Waals surface area contributed by atoms with Crippen molar-refractivity contribution < 1.29 is 29.4 Å². The van der Waals surface area contributed by atoms with E-state index in [1.165, 1.54) is 23.6 Å². The van der Waals surface area contributed by atoms with Gasteiger partial charge in [-0.2, -0.15) is 11.8 Å². The fraction of sp³-hybridized carbons (Fsp3) is 0.750. The largest absolute Gasteiger partial charge is 0.480 e. The molecule has 1 aliphatic heterocycles. The van der Waals surface area contributed by atoms with Crippen LogP contribution in [-0.4, -0.2) is 88.1 Å². The van der Waals surface area contributed by atoms with Gasteiger partial charge in [0, 0.05) is 6.54 Å². The molecular weight excluding hydrogens is 376 g/mol. The number of amides is 3. The Balaban J connectivity index is 2.72. The number of aliphatic hydroxyl groups excluding tert-OH is 1. The van der Waals surface area contributed by atoms with Crippen LogP contribution in [0.1, 0.15) is 26.2 Å². The van der Waals surface area contributed by atoms with E-state index in [-0.39, 0.29) is 12.3 Å². The molecule has 154 valence electrons. The fourth-order valence-electron chi connectivity index (χ4n) is 2.79. The van der Waals surface area contributed by atoms with Gasteiger partial charge in [-0.25, -0.2) is 4.79 Å². The van der Waals surface area contributed by atoms with E-state index in [0.717, 1.165) is 0 Å². The van der Waals surface area contributed by atoms with Gasteiger partial charge < -0.3 is 31.5 Å². The van der Waals surface area contributed by atoms with Crippen LogP contribution in [0.25, 0.3) is 0 Å². The lowest BCUT2D eigenvalue weighted by Gasteiger charge is -2.27. The predicted octanol–water partition coefficient (Wildman–Crippen LogP) is -1.88. The summed E-state index contributed by atoms with van der Waals surface area (Å²) in [6.45, 7) is 1.23. The van der Waals surface area contributed by atoms with Crippen LogP contribution < -0.4 is 16.4 Å². The number of likely N-dealkylation sites (tertiary alicyclic amines) is 1. The molecule has 0 aromatic heterocycles. The van der Waals surface area contributed by atoms with E-state index >= 15 is 0 Å². The van der Waals surface area contributed by atoms with Gasteiger partial charge in [-0.15, -0.1) is 0 Å². The molecule has 0 bridgehead atoms. The van der Waals surface area contributed by atoms with E-state index in [1.807, 2.05) is 6.26 Å². The molecule has 0 saturated carbocycles. The standard InChI is InChI=1S/C16H28N4O6S/c1-9(17)15(24)20-6-3-4-12(20)14(23)19-11(8-21)13(22)18-10(16(25)26)5-7-27-2/h9-12,21H,3-8,17H2,1-2H3,(H,18,22)(H,19,23)(H,25,26). The SMILES string of the molecule is CSCCC(NC(=O)C(CO)NC(=O)C1CCCN1C(=O)C(C)N)C(=O)O. The van der Waals surface area contributed by atoms with Crippen LogP contribution in [-0.2, 0) is 19.2 Å². The number of hydrogen-bond acceptors (Lipinski definition) is 7. The molecular formula is C16H28N4O6S. The Morgan fingerprint density at radius 1 is 1.26 bits per heavy atom. The molecule has 0 spiro atoms. The number of nitrogens with one attached hydrogen (secondary N) is 2. The Bertz CT molecular complexity index is 559. The van der Waals surface area contributed by atoms with Gasteiger partial charge in [-0.3, -0.25) is 14.4 Å². The van der Waals surface area contributed by atoms with Crippen LogP contribution >= 0.6 is 11.8 Å². The summed E-state index contributed by atoms with van der Waals surface area (Å²) in [5.41, 5.74) is 5.59. The maximum Gasteiger partial charge on any atom is 0.326 e. The summed E-state index contributed by atoms with van der Waals surface area (Å²) in [5.74, 6) is -2.39. The Kier molecular flexibility index (Phi) is 9.53. The molecule has 4 unspecified atom stereocenters. The summed E-state index contributed by atoms with van der Waals surface area (Å²) in [4.78, 5) is 49.5. The fourth-order valence-corrected chi connectivity index (χ4v) is 3.26. The van der Waals surface area contributed by atoms with Gasteiger partial charge >= 0.3 is 5.97 Å². The van der Waals surface area contributed by atoms with Crippen LogP contribution in [0, 0.1) is 0 Å². The number of aliphatic hydroxyl groups is 1. The highest BCUT2D eigenvalue weighted by atomic mass is 32.2. The molecule has 10 nitrogen and oxygen atoms in total. The van der Waals surface area contributed by atoms with Gasteiger partial charge in [0.25, 0.3) is 0 Å². The van der Waals surface area contributed by atoms with Gasteiger partial charge in [0.15, 0.2) is 0 Å². The zero-order valence-electron chi connectivity index (χ0n) is 15.5. The minimum atomic E-state index is -1.30. The van der Waals surface area contributed by atoms with Crippen molar-refractivity contribution in [2.45, 2.75) is 50.4 Å². The third-order valence-corrected chi connectivity index (χ3v) is 4.91. The Morgan fingerprint density at radius 2 is 1.93 bits per heavy atom. The highest BCUT2D eigenvalue weighted by molar-refractivity contribution is 7.98. The minimum Gasteiger partial charge on any atom is -0.480 e. The lowest BCUT2D eigenvalue weighted by molar-refractivity contribution is -0.143. The van der Waals surface area contributed by atoms with Crippen molar-refractivity contribution in [1.29, 1.82) is 0 Å². The highest BCUT2D eigenvalue weighted by Gasteiger charge is 2.37. The summed E-state index contributed by atoms with van der Waals surface area (Å²) < 4.78 is 0. The molecule has 1 rings (SSSR count). The molecule has 4 atom stereocenters. The van der Waals surface area contributed by atoms with E-state index in [0.29, 0.717) is 25.1 Å². The van der Waals surface area contributed by atoms with E-state index < -0.39 is 48.6 Å². The number of nitrogens with two attached hydrogens (primary N) is 1. The number of aliphatic carboxylic acids is 1. The lowest BCUT2D eigenvalue weighted by atomic mass is 10.1. The van der Waals surface area contributed by atoms with E-state index in [2.05, 4.69) is 10.6 Å². The van der Waals surface area contributed by atoms with Crippen molar-refractivity contribution in [3.63, 3.8) is 0 Å². The average Bonchev–Trinajstić information content (AvgIpc) is 3.11. The first-order valence-electron chi connectivity index (χ1n) is 8.72. The monoisotopic (exact) mass is 404 g/mol. The molecule has 1 aliphatic rings. The van der Waals surface area contributed by atoms with Crippen molar-refractivity contribution in [2.75, 3.05) is 25.2 Å². The molecule has 3 amide bonds. The quantitative estimate of drug-likeness (QED) is 0.283. The number of carbonyl (C=O) groups is 4. The Labute approximate surface area is 162 Å². The van der Waals surface area contributed by atoms with Crippen molar-refractivity contribution in [1.82, 2.24) is 15.5 Å². The molecule has 1 heterocycles. The molecule has 11 heteroatoms.